The van der Waals surface area contributed by atoms with Crippen molar-refractivity contribution in [3.63, 3.8) is 0 Å². The van der Waals surface area contributed by atoms with Crippen molar-refractivity contribution in [2.45, 2.75) is 26.2 Å². The molecule has 148 valence electrons. The Morgan fingerprint density at radius 1 is 0.964 bits per heavy atom. The molecule has 0 saturated heterocycles. The molecule has 0 unspecified atom stereocenters. The fourth-order valence-corrected chi connectivity index (χ4v) is 2.73. The van der Waals surface area contributed by atoms with Crippen LogP contribution in [0, 0.1) is 0 Å². The van der Waals surface area contributed by atoms with Gasteiger partial charge < -0.3 is 23.9 Å². The summed E-state index contributed by atoms with van der Waals surface area (Å²) >= 11 is 0. The van der Waals surface area contributed by atoms with E-state index in [2.05, 4.69) is 10.3 Å². The van der Waals surface area contributed by atoms with Gasteiger partial charge in [0.05, 0.1) is 26.9 Å². The van der Waals surface area contributed by atoms with E-state index >= 15 is 0 Å². The quantitative estimate of drug-likeness (QED) is 0.702. The van der Waals surface area contributed by atoms with Gasteiger partial charge in [0, 0.05) is 23.2 Å². The van der Waals surface area contributed by atoms with Crippen molar-refractivity contribution < 1.29 is 23.4 Å². The van der Waals surface area contributed by atoms with Gasteiger partial charge in [-0.25, -0.2) is 4.98 Å². The van der Waals surface area contributed by atoms with Gasteiger partial charge in [-0.3, -0.25) is 4.79 Å². The van der Waals surface area contributed by atoms with Crippen molar-refractivity contribution in [3.8, 4) is 17.2 Å². The zero-order valence-electron chi connectivity index (χ0n) is 16.9. The Kier molecular flexibility index (Phi) is 5.18. The van der Waals surface area contributed by atoms with E-state index in [1.54, 1.807) is 30.3 Å². The van der Waals surface area contributed by atoms with Gasteiger partial charge in [0.1, 0.15) is 11.3 Å². The SMILES string of the molecule is COc1cc(OC)c(C(=O)Nc2ccc3oc(C(C)(C)C)nc3c2)cc1OC. The Labute approximate surface area is 163 Å². The molecule has 0 aliphatic heterocycles. The van der Waals surface area contributed by atoms with Gasteiger partial charge in [-0.05, 0) is 18.2 Å². The van der Waals surface area contributed by atoms with Crippen LogP contribution in [0.25, 0.3) is 11.1 Å². The van der Waals surface area contributed by atoms with Crippen LogP contribution in [0.1, 0.15) is 37.0 Å². The van der Waals surface area contributed by atoms with Crippen molar-refractivity contribution in [2.75, 3.05) is 26.6 Å². The van der Waals surface area contributed by atoms with Crippen LogP contribution in [0.15, 0.2) is 34.7 Å². The zero-order chi connectivity index (χ0) is 20.5. The third-order valence-electron chi connectivity index (χ3n) is 4.24. The normalized spacial score (nSPS) is 11.4. The van der Waals surface area contributed by atoms with Crippen LogP contribution in [0.5, 0.6) is 17.2 Å². The van der Waals surface area contributed by atoms with Crippen molar-refractivity contribution in [1.82, 2.24) is 4.98 Å². The molecular formula is C21H24N2O5. The maximum atomic E-state index is 12.8. The first-order valence-electron chi connectivity index (χ1n) is 8.79. The molecule has 3 rings (SSSR count). The summed E-state index contributed by atoms with van der Waals surface area (Å²) < 4.78 is 21.7. The van der Waals surface area contributed by atoms with E-state index < -0.39 is 0 Å². The lowest BCUT2D eigenvalue weighted by molar-refractivity contribution is 0.102. The molecule has 0 atom stereocenters. The highest BCUT2D eigenvalue weighted by atomic mass is 16.5. The molecular weight excluding hydrogens is 360 g/mol. The van der Waals surface area contributed by atoms with Crippen molar-refractivity contribution >= 4 is 22.7 Å². The van der Waals surface area contributed by atoms with Crippen LogP contribution >= 0.6 is 0 Å². The van der Waals surface area contributed by atoms with Gasteiger partial charge in [0.2, 0.25) is 5.89 Å². The number of hydrogen-bond donors (Lipinski definition) is 1. The van der Waals surface area contributed by atoms with Gasteiger partial charge in [-0.1, -0.05) is 20.8 Å². The number of oxazole rings is 1. The molecule has 7 heteroatoms. The summed E-state index contributed by atoms with van der Waals surface area (Å²) in [6.45, 7) is 6.09. The third-order valence-corrected chi connectivity index (χ3v) is 4.24. The number of ether oxygens (including phenoxy) is 3. The summed E-state index contributed by atoms with van der Waals surface area (Å²) in [6.07, 6.45) is 0. The number of benzene rings is 2. The molecule has 1 N–H and O–H groups in total. The number of hydrogen-bond acceptors (Lipinski definition) is 6. The minimum absolute atomic E-state index is 0.199. The second-order valence-electron chi connectivity index (χ2n) is 7.31. The monoisotopic (exact) mass is 384 g/mol. The van der Waals surface area contributed by atoms with Gasteiger partial charge in [-0.2, -0.15) is 0 Å². The summed E-state index contributed by atoms with van der Waals surface area (Å²) in [4.78, 5) is 17.4. The number of amides is 1. The number of methoxy groups -OCH3 is 3. The molecule has 0 radical (unpaired) electrons. The molecule has 3 aromatic rings. The highest BCUT2D eigenvalue weighted by Crippen LogP contribution is 2.35. The Morgan fingerprint density at radius 3 is 2.21 bits per heavy atom. The number of nitrogens with zero attached hydrogens (tertiary/aromatic N) is 1. The average Bonchev–Trinajstić information content (AvgIpc) is 3.10. The average molecular weight is 384 g/mol. The molecule has 2 aromatic carbocycles. The standard InChI is InChI=1S/C21H24N2O5/c1-21(2,3)20-23-14-9-12(7-8-15(14)28-20)22-19(24)13-10-17(26-5)18(27-6)11-16(13)25-4/h7-11H,1-6H3,(H,22,24). The molecule has 0 aliphatic carbocycles. The number of fused-ring (bicyclic) bond motifs is 1. The van der Waals surface area contributed by atoms with Crippen LogP contribution in [0.3, 0.4) is 0 Å². The van der Waals surface area contributed by atoms with E-state index in [1.807, 2.05) is 20.8 Å². The summed E-state index contributed by atoms with van der Waals surface area (Å²) in [5.74, 6) is 1.61. The van der Waals surface area contributed by atoms with Gasteiger partial charge in [0.15, 0.2) is 17.1 Å². The van der Waals surface area contributed by atoms with Crippen molar-refractivity contribution in [1.29, 1.82) is 0 Å². The Morgan fingerprint density at radius 2 is 1.61 bits per heavy atom. The van der Waals surface area contributed by atoms with Gasteiger partial charge in [-0.15, -0.1) is 0 Å². The lowest BCUT2D eigenvalue weighted by Crippen LogP contribution is -2.13. The smallest absolute Gasteiger partial charge is 0.259 e. The topological polar surface area (TPSA) is 82.8 Å². The first kappa shape index (κ1) is 19.5. The molecule has 0 bridgehead atoms. The fraction of sp³-hybridized carbons (Fsp3) is 0.333. The van der Waals surface area contributed by atoms with Crippen LogP contribution < -0.4 is 19.5 Å². The fourth-order valence-electron chi connectivity index (χ4n) is 2.73. The highest BCUT2D eigenvalue weighted by molar-refractivity contribution is 6.07. The summed E-state index contributed by atoms with van der Waals surface area (Å²) in [5, 5.41) is 2.86. The summed E-state index contributed by atoms with van der Waals surface area (Å²) in [6, 6.07) is 8.53. The Balaban J connectivity index is 1.92. The van der Waals surface area contributed by atoms with E-state index in [0.717, 1.165) is 0 Å². The number of anilines is 1. The highest BCUT2D eigenvalue weighted by Gasteiger charge is 2.22. The molecule has 0 spiro atoms. The molecule has 7 nitrogen and oxygen atoms in total. The molecule has 0 fully saturated rings. The Bertz CT molecular complexity index is 1020. The maximum absolute atomic E-state index is 12.8. The predicted octanol–water partition coefficient (Wildman–Crippen LogP) is 4.40. The van der Waals surface area contributed by atoms with Crippen LogP contribution in [0.2, 0.25) is 0 Å². The predicted molar refractivity (Wildman–Crippen MR) is 107 cm³/mol. The number of rotatable bonds is 5. The van der Waals surface area contributed by atoms with Crippen LogP contribution in [-0.4, -0.2) is 32.2 Å². The van der Waals surface area contributed by atoms with E-state index in [1.165, 1.54) is 21.3 Å². The summed E-state index contributed by atoms with van der Waals surface area (Å²) in [5.41, 5.74) is 2.09. The van der Waals surface area contributed by atoms with E-state index in [4.69, 9.17) is 18.6 Å². The lowest BCUT2D eigenvalue weighted by atomic mass is 9.97. The number of carbonyl (C=O) groups excluding carboxylic acids is 1. The second kappa shape index (κ2) is 7.42. The van der Waals surface area contributed by atoms with Gasteiger partial charge >= 0.3 is 0 Å². The molecule has 1 aromatic heterocycles. The number of carbonyl (C=O) groups is 1. The molecule has 28 heavy (non-hydrogen) atoms. The van der Waals surface area contributed by atoms with Crippen molar-refractivity contribution in [2.24, 2.45) is 0 Å². The maximum Gasteiger partial charge on any atom is 0.259 e. The first-order chi connectivity index (χ1) is 13.3. The number of nitrogens with one attached hydrogen (secondary N) is 1. The van der Waals surface area contributed by atoms with E-state index in [-0.39, 0.29) is 11.3 Å². The van der Waals surface area contributed by atoms with Crippen LogP contribution in [0.4, 0.5) is 5.69 Å². The molecule has 0 aliphatic rings. The lowest BCUT2D eigenvalue weighted by Gasteiger charge is -2.14. The second-order valence-corrected chi connectivity index (χ2v) is 7.31. The van der Waals surface area contributed by atoms with Crippen molar-refractivity contribution in [3.05, 3.63) is 41.8 Å². The molecule has 1 heterocycles. The minimum atomic E-state index is -0.336. The van der Waals surface area contributed by atoms with E-state index in [0.29, 0.717) is 45.5 Å². The van der Waals surface area contributed by atoms with Gasteiger partial charge in [0.25, 0.3) is 5.91 Å². The third kappa shape index (κ3) is 3.74. The minimum Gasteiger partial charge on any atom is -0.496 e. The largest absolute Gasteiger partial charge is 0.496 e. The summed E-state index contributed by atoms with van der Waals surface area (Å²) in [7, 11) is 4.53. The van der Waals surface area contributed by atoms with Crippen LogP contribution in [-0.2, 0) is 5.41 Å². The molecule has 1 amide bonds. The number of aromatic nitrogens is 1. The Hall–Kier alpha value is -3.22. The first-order valence-corrected chi connectivity index (χ1v) is 8.79. The van der Waals surface area contributed by atoms with E-state index in [9.17, 15) is 4.79 Å². The molecule has 0 saturated carbocycles. The zero-order valence-corrected chi connectivity index (χ0v) is 16.9.